The molecule has 2 heterocycles. The summed E-state index contributed by atoms with van der Waals surface area (Å²) >= 11 is 0. The number of anilines is 1. The van der Waals surface area contributed by atoms with E-state index >= 15 is 0 Å². The first-order chi connectivity index (χ1) is 13.0. The number of hydrogen-bond acceptors (Lipinski definition) is 4. The molecule has 0 aliphatic carbocycles. The number of piperidine rings is 1. The summed E-state index contributed by atoms with van der Waals surface area (Å²) in [5.41, 5.74) is 0.671. The van der Waals surface area contributed by atoms with E-state index in [2.05, 4.69) is 16.0 Å². The van der Waals surface area contributed by atoms with Crippen LogP contribution in [0.4, 0.5) is 10.5 Å². The van der Waals surface area contributed by atoms with Crippen molar-refractivity contribution in [1.29, 1.82) is 0 Å². The molecular weight excluding hydrogens is 346 g/mol. The molecule has 2 unspecified atom stereocenters. The number of urea groups is 1. The minimum absolute atomic E-state index is 0.0580. The van der Waals surface area contributed by atoms with Crippen LogP contribution >= 0.6 is 0 Å². The molecule has 0 radical (unpaired) electrons. The molecule has 4 amide bonds. The van der Waals surface area contributed by atoms with Crippen LogP contribution in [-0.2, 0) is 9.59 Å². The predicted octanol–water partition coefficient (Wildman–Crippen LogP) is 0.619. The van der Waals surface area contributed by atoms with Crippen molar-refractivity contribution in [2.45, 2.75) is 31.8 Å². The molecule has 0 aromatic heterocycles. The van der Waals surface area contributed by atoms with Crippen molar-refractivity contribution < 1.29 is 14.4 Å². The molecule has 3 N–H and O–H groups in total. The molecule has 8 heteroatoms. The second kappa shape index (κ2) is 8.85. The van der Waals surface area contributed by atoms with E-state index in [-0.39, 0.29) is 17.9 Å². The summed E-state index contributed by atoms with van der Waals surface area (Å²) in [5, 5.41) is 8.48. The maximum absolute atomic E-state index is 12.8. The molecule has 2 saturated heterocycles. The number of likely N-dealkylation sites (tertiary alicyclic amines) is 1. The molecule has 3 rings (SSSR count). The molecule has 0 bridgehead atoms. The first kappa shape index (κ1) is 19.2. The van der Waals surface area contributed by atoms with Gasteiger partial charge in [0, 0.05) is 37.9 Å². The molecule has 2 aliphatic rings. The summed E-state index contributed by atoms with van der Waals surface area (Å²) in [4.78, 5) is 40.6. The van der Waals surface area contributed by atoms with Gasteiger partial charge < -0.3 is 25.8 Å². The van der Waals surface area contributed by atoms with Crippen molar-refractivity contribution in [3.8, 4) is 0 Å². The number of carbonyl (C=O) groups excluding carboxylic acids is 3. The van der Waals surface area contributed by atoms with Gasteiger partial charge in [0.25, 0.3) is 0 Å². The van der Waals surface area contributed by atoms with Gasteiger partial charge in [-0.2, -0.15) is 0 Å². The highest BCUT2D eigenvalue weighted by Gasteiger charge is 2.33. The fourth-order valence-electron chi connectivity index (χ4n) is 3.64. The zero-order chi connectivity index (χ0) is 19.2. The molecule has 2 fully saturated rings. The van der Waals surface area contributed by atoms with E-state index in [1.807, 2.05) is 23.1 Å². The monoisotopic (exact) mass is 373 g/mol. The molecule has 8 nitrogen and oxygen atoms in total. The lowest BCUT2D eigenvalue weighted by Gasteiger charge is -2.41. The van der Waals surface area contributed by atoms with Gasteiger partial charge in [0.1, 0.15) is 6.04 Å². The van der Waals surface area contributed by atoms with Gasteiger partial charge in [-0.15, -0.1) is 0 Å². The molecule has 2 aliphatic heterocycles. The van der Waals surface area contributed by atoms with E-state index in [1.54, 1.807) is 24.0 Å². The summed E-state index contributed by atoms with van der Waals surface area (Å²) in [6.07, 6.45) is 1.77. The van der Waals surface area contributed by atoms with Crippen LogP contribution in [0.1, 0.15) is 19.8 Å². The van der Waals surface area contributed by atoms with Crippen LogP contribution in [0.15, 0.2) is 30.3 Å². The number of nitrogens with zero attached hydrogens (tertiary/aromatic N) is 2. The summed E-state index contributed by atoms with van der Waals surface area (Å²) in [6, 6.07) is 8.11. The van der Waals surface area contributed by atoms with Crippen molar-refractivity contribution in [3.05, 3.63) is 30.3 Å². The predicted molar refractivity (Wildman–Crippen MR) is 102 cm³/mol. The van der Waals surface area contributed by atoms with E-state index in [4.69, 9.17) is 0 Å². The lowest BCUT2D eigenvalue weighted by atomic mass is 10.0. The molecule has 0 spiro atoms. The van der Waals surface area contributed by atoms with E-state index < -0.39 is 12.1 Å². The summed E-state index contributed by atoms with van der Waals surface area (Å²) < 4.78 is 0. The van der Waals surface area contributed by atoms with Crippen LogP contribution in [0.3, 0.4) is 0 Å². The summed E-state index contributed by atoms with van der Waals surface area (Å²) in [5.74, 6) is -0.0283. The third kappa shape index (κ3) is 4.97. The maximum Gasteiger partial charge on any atom is 0.319 e. The Morgan fingerprint density at radius 1 is 1.22 bits per heavy atom. The molecule has 146 valence electrons. The minimum atomic E-state index is -0.633. The Balaban J connectivity index is 1.52. The highest BCUT2D eigenvalue weighted by Crippen LogP contribution is 2.18. The van der Waals surface area contributed by atoms with E-state index in [0.717, 1.165) is 19.4 Å². The number of para-hydroxylation sites is 1. The van der Waals surface area contributed by atoms with Crippen molar-refractivity contribution in [2.75, 3.05) is 38.0 Å². The second-order valence-electron chi connectivity index (χ2n) is 7.03. The standard InChI is InChI=1S/C19H27N5O3/c1-14(21-19(27)22-15-6-3-2-4-7-15)18(26)23-10-5-8-16(13-23)24-11-9-20-12-17(24)25/h2-4,6-7,14,16,20H,5,8-13H2,1H3,(H2,21,22,27). The van der Waals surface area contributed by atoms with Crippen LogP contribution < -0.4 is 16.0 Å². The largest absolute Gasteiger partial charge is 0.339 e. The van der Waals surface area contributed by atoms with Crippen LogP contribution in [0.2, 0.25) is 0 Å². The first-order valence-corrected chi connectivity index (χ1v) is 9.46. The van der Waals surface area contributed by atoms with E-state index in [0.29, 0.717) is 31.9 Å². The number of piperazine rings is 1. The third-order valence-electron chi connectivity index (χ3n) is 5.02. The Kier molecular flexibility index (Phi) is 6.28. The molecular formula is C19H27N5O3. The Hall–Kier alpha value is -2.61. The second-order valence-corrected chi connectivity index (χ2v) is 7.03. The van der Waals surface area contributed by atoms with Gasteiger partial charge in [-0.25, -0.2) is 4.79 Å². The maximum atomic E-state index is 12.8. The van der Waals surface area contributed by atoms with Crippen LogP contribution in [0, 0.1) is 0 Å². The van der Waals surface area contributed by atoms with Crippen molar-refractivity contribution in [1.82, 2.24) is 20.4 Å². The molecule has 1 aromatic rings. The highest BCUT2D eigenvalue weighted by atomic mass is 16.2. The fourth-order valence-corrected chi connectivity index (χ4v) is 3.64. The Morgan fingerprint density at radius 2 is 2.00 bits per heavy atom. The van der Waals surface area contributed by atoms with Crippen molar-refractivity contribution >= 4 is 23.5 Å². The SMILES string of the molecule is CC(NC(=O)Nc1ccccc1)C(=O)N1CCCC(N2CCNCC2=O)C1. The van der Waals surface area contributed by atoms with Gasteiger partial charge in [-0.3, -0.25) is 9.59 Å². The van der Waals surface area contributed by atoms with Crippen molar-refractivity contribution in [3.63, 3.8) is 0 Å². The number of rotatable bonds is 4. The average Bonchev–Trinajstić information content (AvgIpc) is 2.68. The summed E-state index contributed by atoms with van der Waals surface area (Å²) in [6.45, 7) is 4.69. The van der Waals surface area contributed by atoms with Gasteiger partial charge in [-0.05, 0) is 31.9 Å². The topological polar surface area (TPSA) is 93.8 Å². The zero-order valence-electron chi connectivity index (χ0n) is 15.6. The number of hydrogen-bond donors (Lipinski definition) is 3. The summed E-state index contributed by atoms with van der Waals surface area (Å²) in [7, 11) is 0. The number of amides is 4. The van der Waals surface area contributed by atoms with Gasteiger partial charge in [0.05, 0.1) is 6.54 Å². The average molecular weight is 373 g/mol. The van der Waals surface area contributed by atoms with Gasteiger partial charge in [-0.1, -0.05) is 18.2 Å². The lowest BCUT2D eigenvalue weighted by molar-refractivity contribution is -0.141. The Bertz CT molecular complexity index is 681. The van der Waals surface area contributed by atoms with Gasteiger partial charge >= 0.3 is 6.03 Å². The zero-order valence-corrected chi connectivity index (χ0v) is 15.6. The molecule has 2 atom stereocenters. The van der Waals surface area contributed by atoms with E-state index in [9.17, 15) is 14.4 Å². The van der Waals surface area contributed by atoms with Gasteiger partial charge in [0.15, 0.2) is 0 Å². The number of nitrogens with one attached hydrogen (secondary N) is 3. The minimum Gasteiger partial charge on any atom is -0.339 e. The van der Waals surface area contributed by atoms with Crippen LogP contribution in [-0.4, -0.2) is 72.5 Å². The van der Waals surface area contributed by atoms with E-state index in [1.165, 1.54) is 0 Å². The van der Waals surface area contributed by atoms with Crippen LogP contribution in [0.25, 0.3) is 0 Å². The smallest absolute Gasteiger partial charge is 0.319 e. The van der Waals surface area contributed by atoms with Gasteiger partial charge in [0.2, 0.25) is 11.8 Å². The quantitative estimate of drug-likeness (QED) is 0.721. The highest BCUT2D eigenvalue weighted by molar-refractivity contribution is 5.93. The lowest BCUT2D eigenvalue weighted by Crippen LogP contribution is -2.59. The van der Waals surface area contributed by atoms with Crippen molar-refractivity contribution in [2.24, 2.45) is 0 Å². The first-order valence-electron chi connectivity index (χ1n) is 9.46. The normalized spacial score (nSPS) is 21.5. The Labute approximate surface area is 159 Å². The fraction of sp³-hybridized carbons (Fsp3) is 0.526. The Morgan fingerprint density at radius 3 is 2.74 bits per heavy atom. The molecule has 1 aromatic carbocycles. The number of benzene rings is 1. The molecule has 0 saturated carbocycles. The van der Waals surface area contributed by atoms with Crippen LogP contribution in [0.5, 0.6) is 0 Å². The third-order valence-corrected chi connectivity index (χ3v) is 5.02. The number of carbonyl (C=O) groups is 3. The molecule has 27 heavy (non-hydrogen) atoms.